The zero-order valence-electron chi connectivity index (χ0n) is 12.7. The number of benzene rings is 2. The monoisotopic (exact) mass is 319 g/mol. The third-order valence-electron chi connectivity index (χ3n) is 3.24. The third kappa shape index (κ3) is 4.12. The highest BCUT2D eigenvalue weighted by atomic mass is 19.2. The summed E-state index contributed by atoms with van der Waals surface area (Å²) in [6.45, 7) is 1.42. The normalized spacial score (nSPS) is 10.3. The first-order chi connectivity index (χ1) is 10.9. The minimum atomic E-state index is -1.04. The van der Waals surface area contributed by atoms with Gasteiger partial charge in [-0.1, -0.05) is 0 Å². The van der Waals surface area contributed by atoms with Crippen LogP contribution >= 0.6 is 0 Å². The number of amides is 1. The summed E-state index contributed by atoms with van der Waals surface area (Å²) in [5, 5.41) is 2.47. The second kappa shape index (κ2) is 7.00. The van der Waals surface area contributed by atoms with Gasteiger partial charge in [0, 0.05) is 22.9 Å². The lowest BCUT2D eigenvalue weighted by molar-refractivity contribution is -0.115. The van der Waals surface area contributed by atoms with Crippen molar-refractivity contribution in [3.63, 3.8) is 0 Å². The molecule has 0 radical (unpaired) electrons. The molecule has 0 aliphatic carbocycles. The van der Waals surface area contributed by atoms with Crippen LogP contribution in [0.1, 0.15) is 22.8 Å². The summed E-state index contributed by atoms with van der Waals surface area (Å²) in [7, 11) is 1.46. The Morgan fingerprint density at radius 3 is 2.43 bits per heavy atom. The zero-order valence-corrected chi connectivity index (χ0v) is 12.7. The van der Waals surface area contributed by atoms with Gasteiger partial charge in [-0.2, -0.15) is 0 Å². The van der Waals surface area contributed by atoms with E-state index >= 15 is 0 Å². The molecule has 2 rings (SSSR count). The molecule has 0 saturated heterocycles. The Labute approximate surface area is 132 Å². The Bertz CT molecular complexity index is 759. The molecule has 0 aromatic heterocycles. The molecule has 0 atom stereocenters. The van der Waals surface area contributed by atoms with E-state index in [-0.39, 0.29) is 17.9 Å². The van der Waals surface area contributed by atoms with Crippen molar-refractivity contribution in [3.8, 4) is 5.75 Å². The molecule has 0 aliphatic rings. The third-order valence-corrected chi connectivity index (χ3v) is 3.24. The molecule has 1 amide bonds. The van der Waals surface area contributed by atoms with Gasteiger partial charge < -0.3 is 10.1 Å². The fourth-order valence-electron chi connectivity index (χ4n) is 2.09. The van der Waals surface area contributed by atoms with E-state index in [4.69, 9.17) is 4.74 Å². The van der Waals surface area contributed by atoms with Gasteiger partial charge in [0.25, 0.3) is 0 Å². The first-order valence-corrected chi connectivity index (χ1v) is 6.83. The number of halogens is 2. The highest BCUT2D eigenvalue weighted by Crippen LogP contribution is 2.21. The number of hydrogen-bond acceptors (Lipinski definition) is 3. The van der Waals surface area contributed by atoms with Gasteiger partial charge in [0.05, 0.1) is 13.5 Å². The van der Waals surface area contributed by atoms with Crippen LogP contribution in [0.25, 0.3) is 0 Å². The number of ether oxygens (including phenoxy) is 1. The first kappa shape index (κ1) is 16.6. The van der Waals surface area contributed by atoms with Crippen LogP contribution in [-0.2, 0) is 11.2 Å². The molecular weight excluding hydrogens is 304 g/mol. The number of methoxy groups -OCH3 is 1. The molecule has 4 nitrogen and oxygen atoms in total. The second-order valence-corrected chi connectivity index (χ2v) is 4.94. The maximum Gasteiger partial charge on any atom is 0.228 e. The van der Waals surface area contributed by atoms with Gasteiger partial charge in [0.1, 0.15) is 5.75 Å². The lowest BCUT2D eigenvalue weighted by Gasteiger charge is -2.10. The minimum Gasteiger partial charge on any atom is -0.496 e. The number of carbonyl (C=O) groups is 2. The van der Waals surface area contributed by atoms with E-state index in [2.05, 4.69) is 5.32 Å². The number of carbonyl (C=O) groups excluding carboxylic acids is 2. The zero-order chi connectivity index (χ0) is 17.0. The van der Waals surface area contributed by atoms with Gasteiger partial charge in [0.2, 0.25) is 5.91 Å². The molecule has 6 heteroatoms. The van der Waals surface area contributed by atoms with E-state index in [1.165, 1.54) is 20.1 Å². The van der Waals surface area contributed by atoms with E-state index in [9.17, 15) is 18.4 Å². The topological polar surface area (TPSA) is 55.4 Å². The van der Waals surface area contributed by atoms with Crippen LogP contribution in [0.3, 0.4) is 0 Å². The molecule has 2 aromatic rings. The van der Waals surface area contributed by atoms with Crippen LogP contribution in [0.2, 0.25) is 0 Å². The predicted molar refractivity (Wildman–Crippen MR) is 81.7 cm³/mol. The van der Waals surface area contributed by atoms with Gasteiger partial charge in [-0.05, 0) is 37.3 Å². The SMILES string of the molecule is COc1ccc(C(C)=O)cc1CC(=O)Nc1ccc(F)c(F)c1. The maximum atomic E-state index is 13.1. The van der Waals surface area contributed by atoms with E-state index in [0.29, 0.717) is 16.9 Å². The smallest absolute Gasteiger partial charge is 0.228 e. The van der Waals surface area contributed by atoms with Crippen LogP contribution in [0, 0.1) is 11.6 Å². The molecule has 0 saturated carbocycles. The van der Waals surface area contributed by atoms with Crippen molar-refractivity contribution < 1.29 is 23.1 Å². The summed E-state index contributed by atoms with van der Waals surface area (Å²) in [5.74, 6) is -2.13. The highest BCUT2D eigenvalue weighted by molar-refractivity contribution is 5.96. The molecular formula is C17H15F2NO3. The molecule has 0 fully saturated rings. The van der Waals surface area contributed by atoms with Gasteiger partial charge >= 0.3 is 0 Å². The number of hydrogen-bond donors (Lipinski definition) is 1. The van der Waals surface area contributed by atoms with Crippen molar-refractivity contribution in [3.05, 3.63) is 59.2 Å². The quantitative estimate of drug-likeness (QED) is 0.860. The van der Waals surface area contributed by atoms with Crippen molar-refractivity contribution in [2.75, 3.05) is 12.4 Å². The fraction of sp³-hybridized carbons (Fsp3) is 0.176. The van der Waals surface area contributed by atoms with Crippen LogP contribution in [-0.4, -0.2) is 18.8 Å². The van der Waals surface area contributed by atoms with Crippen molar-refractivity contribution in [2.45, 2.75) is 13.3 Å². The van der Waals surface area contributed by atoms with E-state index < -0.39 is 17.5 Å². The van der Waals surface area contributed by atoms with E-state index in [0.717, 1.165) is 12.1 Å². The van der Waals surface area contributed by atoms with Crippen molar-refractivity contribution in [2.24, 2.45) is 0 Å². The van der Waals surface area contributed by atoms with Gasteiger partial charge in [0.15, 0.2) is 17.4 Å². The summed E-state index contributed by atoms with van der Waals surface area (Å²) in [6.07, 6.45) is -0.0662. The number of rotatable bonds is 5. The van der Waals surface area contributed by atoms with Crippen molar-refractivity contribution in [1.29, 1.82) is 0 Å². The lowest BCUT2D eigenvalue weighted by Crippen LogP contribution is -2.15. The van der Waals surface area contributed by atoms with Crippen LogP contribution in [0.15, 0.2) is 36.4 Å². The molecule has 23 heavy (non-hydrogen) atoms. The number of ketones is 1. The standard InChI is InChI=1S/C17H15F2NO3/c1-10(21)11-3-6-16(23-2)12(7-11)8-17(22)20-13-4-5-14(18)15(19)9-13/h3-7,9H,8H2,1-2H3,(H,20,22). The Balaban J connectivity index is 2.17. The lowest BCUT2D eigenvalue weighted by atomic mass is 10.0. The number of anilines is 1. The van der Waals surface area contributed by atoms with E-state index in [1.54, 1.807) is 18.2 Å². The largest absolute Gasteiger partial charge is 0.496 e. The first-order valence-electron chi connectivity index (χ1n) is 6.83. The highest BCUT2D eigenvalue weighted by Gasteiger charge is 2.12. The Morgan fingerprint density at radius 2 is 1.83 bits per heavy atom. The molecule has 2 aromatic carbocycles. The predicted octanol–water partition coefficient (Wildman–Crippen LogP) is 3.36. The van der Waals surface area contributed by atoms with Crippen LogP contribution < -0.4 is 10.1 Å². The molecule has 120 valence electrons. The van der Waals surface area contributed by atoms with Crippen LogP contribution in [0.4, 0.5) is 14.5 Å². The van der Waals surface area contributed by atoms with E-state index in [1.807, 2.05) is 0 Å². The Morgan fingerprint density at radius 1 is 1.09 bits per heavy atom. The summed E-state index contributed by atoms with van der Waals surface area (Å²) in [5.41, 5.74) is 1.14. The van der Waals surface area contributed by atoms with Gasteiger partial charge in [-0.25, -0.2) is 8.78 Å². The maximum absolute atomic E-state index is 13.1. The molecule has 0 bridgehead atoms. The molecule has 0 heterocycles. The molecule has 0 aliphatic heterocycles. The average molecular weight is 319 g/mol. The second-order valence-electron chi connectivity index (χ2n) is 4.94. The molecule has 1 N–H and O–H groups in total. The number of nitrogens with one attached hydrogen (secondary N) is 1. The summed E-state index contributed by atoms with van der Waals surface area (Å²) < 4.78 is 31.2. The van der Waals surface area contributed by atoms with Crippen molar-refractivity contribution >= 4 is 17.4 Å². The van der Waals surface area contributed by atoms with Crippen molar-refractivity contribution in [1.82, 2.24) is 0 Å². The summed E-state index contributed by atoms with van der Waals surface area (Å²) in [6, 6.07) is 7.89. The average Bonchev–Trinajstić information content (AvgIpc) is 2.50. The molecule has 0 spiro atoms. The Hall–Kier alpha value is -2.76. The fourth-order valence-corrected chi connectivity index (χ4v) is 2.09. The van der Waals surface area contributed by atoms with Crippen LogP contribution in [0.5, 0.6) is 5.75 Å². The van der Waals surface area contributed by atoms with Gasteiger partial charge in [-0.15, -0.1) is 0 Å². The summed E-state index contributed by atoms with van der Waals surface area (Å²) >= 11 is 0. The van der Waals surface area contributed by atoms with Gasteiger partial charge in [-0.3, -0.25) is 9.59 Å². The Kier molecular flexibility index (Phi) is 5.05. The number of Topliss-reactive ketones (excluding diaryl/α,β-unsaturated/α-hetero) is 1. The minimum absolute atomic E-state index is 0.0662. The summed E-state index contributed by atoms with van der Waals surface area (Å²) in [4.78, 5) is 23.5. The molecule has 0 unspecified atom stereocenters.